The number of aryl methyl sites for hydroxylation is 1. The summed E-state index contributed by atoms with van der Waals surface area (Å²) in [6.45, 7) is 1.96. The van der Waals surface area contributed by atoms with Crippen LogP contribution in [-0.4, -0.2) is 21.6 Å². The van der Waals surface area contributed by atoms with Gasteiger partial charge in [-0.25, -0.2) is 4.98 Å². The predicted molar refractivity (Wildman–Crippen MR) is 60.0 cm³/mol. The molecule has 0 aliphatic carbocycles. The Morgan fingerprint density at radius 2 is 2.27 bits per heavy atom. The lowest BCUT2D eigenvalue weighted by molar-refractivity contribution is 0.398. The topological polar surface area (TPSA) is 42.8 Å². The van der Waals surface area contributed by atoms with Gasteiger partial charge in [-0.3, -0.25) is 4.57 Å². The number of aromatic amines is 1. The highest BCUT2D eigenvalue weighted by Gasteiger charge is 2.00. The van der Waals surface area contributed by atoms with E-state index in [1.807, 2.05) is 23.8 Å². The van der Waals surface area contributed by atoms with Crippen molar-refractivity contribution in [3.63, 3.8) is 0 Å². The van der Waals surface area contributed by atoms with Gasteiger partial charge >= 0.3 is 0 Å². The van der Waals surface area contributed by atoms with Gasteiger partial charge in [-0.2, -0.15) is 0 Å². The first kappa shape index (κ1) is 9.92. The summed E-state index contributed by atoms with van der Waals surface area (Å²) >= 11 is 5.16. The van der Waals surface area contributed by atoms with Crippen LogP contribution in [0.1, 0.15) is 5.69 Å². The number of aromatic nitrogens is 3. The molecular formula is C10H11N3OS. The number of methoxy groups -OCH3 is 1. The van der Waals surface area contributed by atoms with Gasteiger partial charge in [0.15, 0.2) is 4.77 Å². The number of nitrogens with zero attached hydrogens (tertiary/aromatic N) is 2. The summed E-state index contributed by atoms with van der Waals surface area (Å²) in [4.78, 5) is 7.17. The van der Waals surface area contributed by atoms with Crippen LogP contribution in [0.5, 0.6) is 5.88 Å². The van der Waals surface area contributed by atoms with Gasteiger partial charge in [0.05, 0.1) is 19.0 Å². The molecule has 0 saturated carbocycles. The van der Waals surface area contributed by atoms with E-state index in [0.29, 0.717) is 10.7 Å². The molecule has 2 heterocycles. The number of hydrogen-bond donors (Lipinski definition) is 1. The fourth-order valence-electron chi connectivity index (χ4n) is 1.34. The third kappa shape index (κ3) is 1.92. The zero-order chi connectivity index (χ0) is 10.8. The molecule has 4 nitrogen and oxygen atoms in total. The van der Waals surface area contributed by atoms with Gasteiger partial charge < -0.3 is 9.72 Å². The molecule has 0 spiro atoms. The largest absolute Gasteiger partial charge is 0.481 e. The van der Waals surface area contributed by atoms with Crippen LogP contribution in [-0.2, 0) is 0 Å². The van der Waals surface area contributed by atoms with Gasteiger partial charge in [0, 0.05) is 18.0 Å². The van der Waals surface area contributed by atoms with Crippen LogP contribution in [0.3, 0.4) is 0 Å². The highest BCUT2D eigenvalue weighted by Crippen LogP contribution is 2.12. The summed E-state index contributed by atoms with van der Waals surface area (Å²) in [5.41, 5.74) is 1.95. The first-order valence-electron chi connectivity index (χ1n) is 4.49. The Morgan fingerprint density at radius 1 is 1.47 bits per heavy atom. The van der Waals surface area contributed by atoms with E-state index in [-0.39, 0.29) is 0 Å². The summed E-state index contributed by atoms with van der Waals surface area (Å²) < 4.78 is 7.52. The molecule has 0 bridgehead atoms. The Kier molecular flexibility index (Phi) is 2.55. The van der Waals surface area contributed by atoms with Gasteiger partial charge in [-0.05, 0) is 25.2 Å². The number of pyridine rings is 1. The second-order valence-corrected chi connectivity index (χ2v) is 3.56. The Bertz CT molecular complexity index is 512. The van der Waals surface area contributed by atoms with Crippen molar-refractivity contribution in [1.82, 2.24) is 14.5 Å². The first-order chi connectivity index (χ1) is 7.20. The van der Waals surface area contributed by atoms with E-state index >= 15 is 0 Å². The molecule has 0 aromatic carbocycles. The lowest BCUT2D eigenvalue weighted by atomic mass is 10.4. The Balaban J connectivity index is 2.45. The summed E-state index contributed by atoms with van der Waals surface area (Å²) in [5.74, 6) is 0.595. The Labute approximate surface area is 92.5 Å². The van der Waals surface area contributed by atoms with E-state index in [1.54, 1.807) is 19.4 Å². The number of ether oxygens (including phenoxy) is 1. The van der Waals surface area contributed by atoms with Crippen molar-refractivity contribution >= 4 is 12.2 Å². The molecule has 5 heteroatoms. The van der Waals surface area contributed by atoms with E-state index in [1.165, 1.54) is 0 Å². The Hall–Kier alpha value is -1.62. The van der Waals surface area contributed by atoms with E-state index < -0.39 is 0 Å². The molecule has 2 rings (SSSR count). The molecule has 0 saturated heterocycles. The van der Waals surface area contributed by atoms with Crippen molar-refractivity contribution in [2.75, 3.05) is 7.11 Å². The molecule has 0 fully saturated rings. The van der Waals surface area contributed by atoms with Crippen LogP contribution in [0.2, 0.25) is 0 Å². The summed E-state index contributed by atoms with van der Waals surface area (Å²) in [7, 11) is 1.59. The minimum absolute atomic E-state index is 0.595. The maximum Gasteiger partial charge on any atom is 0.213 e. The fourth-order valence-corrected chi connectivity index (χ4v) is 1.66. The lowest BCUT2D eigenvalue weighted by Gasteiger charge is -2.02. The zero-order valence-corrected chi connectivity index (χ0v) is 9.34. The number of H-pyrrole nitrogens is 1. The molecule has 0 unspecified atom stereocenters. The average molecular weight is 221 g/mol. The molecule has 2 aromatic rings. The van der Waals surface area contributed by atoms with Gasteiger partial charge in [0.25, 0.3) is 0 Å². The van der Waals surface area contributed by atoms with E-state index in [4.69, 9.17) is 17.0 Å². The van der Waals surface area contributed by atoms with Crippen molar-refractivity contribution in [2.24, 2.45) is 0 Å². The Morgan fingerprint density at radius 3 is 2.73 bits per heavy atom. The molecule has 0 aliphatic rings. The average Bonchev–Trinajstić information content (AvgIpc) is 2.58. The predicted octanol–water partition coefficient (Wildman–Crippen LogP) is 2.25. The highest BCUT2D eigenvalue weighted by atomic mass is 32.1. The van der Waals surface area contributed by atoms with Gasteiger partial charge in [0.2, 0.25) is 5.88 Å². The smallest absolute Gasteiger partial charge is 0.213 e. The number of hydrogen-bond acceptors (Lipinski definition) is 3. The van der Waals surface area contributed by atoms with Gasteiger partial charge in [-0.15, -0.1) is 0 Å². The zero-order valence-electron chi connectivity index (χ0n) is 8.52. The fraction of sp³-hybridized carbons (Fsp3) is 0.200. The number of rotatable bonds is 2. The number of nitrogens with one attached hydrogen (secondary N) is 1. The second-order valence-electron chi connectivity index (χ2n) is 3.17. The van der Waals surface area contributed by atoms with Crippen LogP contribution < -0.4 is 4.74 Å². The molecule has 0 radical (unpaired) electrons. The van der Waals surface area contributed by atoms with E-state index in [2.05, 4.69) is 9.97 Å². The molecule has 15 heavy (non-hydrogen) atoms. The minimum Gasteiger partial charge on any atom is -0.481 e. The van der Waals surface area contributed by atoms with Crippen molar-refractivity contribution in [1.29, 1.82) is 0 Å². The summed E-state index contributed by atoms with van der Waals surface area (Å²) in [6.07, 6.45) is 3.66. The molecule has 0 atom stereocenters. The quantitative estimate of drug-likeness (QED) is 0.791. The monoisotopic (exact) mass is 221 g/mol. The summed E-state index contributed by atoms with van der Waals surface area (Å²) in [5, 5.41) is 0. The van der Waals surface area contributed by atoms with Crippen LogP contribution >= 0.6 is 12.2 Å². The normalized spacial score (nSPS) is 10.3. The summed E-state index contributed by atoms with van der Waals surface area (Å²) in [6, 6.07) is 3.72. The maximum absolute atomic E-state index is 5.16. The molecular weight excluding hydrogens is 210 g/mol. The molecule has 1 N–H and O–H groups in total. The highest BCUT2D eigenvalue weighted by molar-refractivity contribution is 7.71. The lowest BCUT2D eigenvalue weighted by Crippen LogP contribution is -1.94. The molecule has 0 amide bonds. The van der Waals surface area contributed by atoms with Crippen LogP contribution in [0.25, 0.3) is 5.69 Å². The molecule has 2 aromatic heterocycles. The first-order valence-corrected chi connectivity index (χ1v) is 4.90. The standard InChI is InChI=1S/C10H11N3OS/c1-7-6-13(10(15)12-7)8-3-4-9(14-2)11-5-8/h3-6H,1-2H3,(H,12,15). The SMILES string of the molecule is COc1ccc(-n2cc(C)[nH]c2=S)cn1. The second kappa shape index (κ2) is 3.86. The van der Waals surface area contributed by atoms with Crippen molar-refractivity contribution in [3.05, 3.63) is 35.0 Å². The van der Waals surface area contributed by atoms with E-state index in [0.717, 1.165) is 11.4 Å². The van der Waals surface area contributed by atoms with Crippen LogP contribution in [0, 0.1) is 11.7 Å². The molecule has 78 valence electrons. The van der Waals surface area contributed by atoms with Gasteiger partial charge in [0.1, 0.15) is 0 Å². The van der Waals surface area contributed by atoms with Crippen LogP contribution in [0.4, 0.5) is 0 Å². The maximum atomic E-state index is 5.16. The van der Waals surface area contributed by atoms with E-state index in [9.17, 15) is 0 Å². The minimum atomic E-state index is 0.595. The third-order valence-electron chi connectivity index (χ3n) is 2.05. The third-order valence-corrected chi connectivity index (χ3v) is 2.35. The van der Waals surface area contributed by atoms with Crippen LogP contribution in [0.15, 0.2) is 24.5 Å². The van der Waals surface area contributed by atoms with Crippen molar-refractivity contribution in [2.45, 2.75) is 6.92 Å². The van der Waals surface area contributed by atoms with Gasteiger partial charge in [-0.1, -0.05) is 0 Å². The number of imidazole rings is 1. The molecule has 0 aliphatic heterocycles. The van der Waals surface area contributed by atoms with Crippen molar-refractivity contribution in [3.8, 4) is 11.6 Å². The van der Waals surface area contributed by atoms with Crippen molar-refractivity contribution < 1.29 is 4.74 Å².